The van der Waals surface area contributed by atoms with E-state index in [1.54, 1.807) is 12.1 Å². The second-order valence-electron chi connectivity index (χ2n) is 4.82. The first kappa shape index (κ1) is 14.3. The number of carbonyl (C=O) groups excluding carboxylic acids is 1. The lowest BCUT2D eigenvalue weighted by Crippen LogP contribution is -2.27. The summed E-state index contributed by atoms with van der Waals surface area (Å²) in [5.74, 6) is 0.701. The van der Waals surface area contributed by atoms with Crippen molar-refractivity contribution in [2.45, 2.75) is 32.9 Å². The van der Waals surface area contributed by atoms with Crippen molar-refractivity contribution in [3.05, 3.63) is 59.0 Å². The molecule has 2 aromatic rings. The van der Waals surface area contributed by atoms with E-state index in [1.807, 2.05) is 38.1 Å². The van der Waals surface area contributed by atoms with Gasteiger partial charge < -0.3 is 15.5 Å². The highest BCUT2D eigenvalue weighted by Gasteiger charge is 2.16. The lowest BCUT2D eigenvalue weighted by molar-refractivity contribution is 0.0905. The number of rotatable bonds is 5. The van der Waals surface area contributed by atoms with Crippen LogP contribution < -0.4 is 11.1 Å². The van der Waals surface area contributed by atoms with E-state index in [9.17, 15) is 4.79 Å². The zero-order valence-corrected chi connectivity index (χ0v) is 11.8. The third kappa shape index (κ3) is 3.27. The van der Waals surface area contributed by atoms with Gasteiger partial charge in [-0.15, -0.1) is 0 Å². The van der Waals surface area contributed by atoms with Crippen LogP contribution in [-0.4, -0.2) is 5.91 Å². The van der Waals surface area contributed by atoms with Crippen LogP contribution in [0.25, 0.3) is 0 Å². The molecule has 1 unspecified atom stereocenters. The maximum absolute atomic E-state index is 12.1. The quantitative estimate of drug-likeness (QED) is 0.879. The highest BCUT2D eigenvalue weighted by molar-refractivity contribution is 5.91. The zero-order valence-electron chi connectivity index (χ0n) is 11.8. The number of carbonyl (C=O) groups is 1. The SMILES string of the molecule is CCC(NC(=O)c1ccc(CN)o1)c1ccc(C)cc1. The molecule has 4 nitrogen and oxygen atoms in total. The number of nitrogens with two attached hydrogens (primary N) is 1. The van der Waals surface area contributed by atoms with Crippen molar-refractivity contribution in [2.75, 3.05) is 0 Å². The summed E-state index contributed by atoms with van der Waals surface area (Å²) in [5, 5.41) is 2.98. The van der Waals surface area contributed by atoms with Crippen molar-refractivity contribution in [3.63, 3.8) is 0 Å². The summed E-state index contributed by atoms with van der Waals surface area (Å²) in [4.78, 5) is 12.1. The van der Waals surface area contributed by atoms with Crippen LogP contribution in [0.4, 0.5) is 0 Å². The lowest BCUT2D eigenvalue weighted by atomic mass is 10.0. The number of nitrogens with one attached hydrogen (secondary N) is 1. The lowest BCUT2D eigenvalue weighted by Gasteiger charge is -2.16. The fourth-order valence-corrected chi connectivity index (χ4v) is 2.06. The Labute approximate surface area is 119 Å². The van der Waals surface area contributed by atoms with Gasteiger partial charge in [-0.25, -0.2) is 0 Å². The van der Waals surface area contributed by atoms with Gasteiger partial charge in [0.05, 0.1) is 12.6 Å². The predicted octanol–water partition coefficient (Wildman–Crippen LogP) is 2.93. The van der Waals surface area contributed by atoms with E-state index in [-0.39, 0.29) is 11.9 Å². The molecule has 3 N–H and O–H groups in total. The van der Waals surface area contributed by atoms with Crippen LogP contribution in [0.1, 0.15) is 46.8 Å². The molecule has 0 aliphatic heterocycles. The van der Waals surface area contributed by atoms with Crippen molar-refractivity contribution in [2.24, 2.45) is 5.73 Å². The van der Waals surface area contributed by atoms with E-state index in [1.165, 1.54) is 5.56 Å². The molecule has 1 aromatic heterocycles. The Morgan fingerprint density at radius 3 is 2.50 bits per heavy atom. The fourth-order valence-electron chi connectivity index (χ4n) is 2.06. The van der Waals surface area contributed by atoms with Gasteiger partial charge in [0.25, 0.3) is 5.91 Å². The number of hydrogen-bond donors (Lipinski definition) is 2. The minimum absolute atomic E-state index is 0.0190. The first-order chi connectivity index (χ1) is 9.63. The molecule has 0 bridgehead atoms. The Hall–Kier alpha value is -2.07. The summed E-state index contributed by atoms with van der Waals surface area (Å²) in [5.41, 5.74) is 7.77. The van der Waals surface area contributed by atoms with Gasteiger partial charge in [0.15, 0.2) is 5.76 Å². The summed E-state index contributed by atoms with van der Waals surface area (Å²) < 4.78 is 5.36. The molecule has 0 saturated carbocycles. The minimum atomic E-state index is -0.211. The highest BCUT2D eigenvalue weighted by Crippen LogP contribution is 2.18. The molecule has 0 spiro atoms. The van der Waals surface area contributed by atoms with Gasteiger partial charge in [-0.3, -0.25) is 4.79 Å². The van der Waals surface area contributed by atoms with E-state index < -0.39 is 0 Å². The van der Waals surface area contributed by atoms with Crippen LogP contribution in [0.5, 0.6) is 0 Å². The van der Waals surface area contributed by atoms with Crippen LogP contribution in [0.15, 0.2) is 40.8 Å². The van der Waals surface area contributed by atoms with Gasteiger partial charge >= 0.3 is 0 Å². The number of amides is 1. The van der Waals surface area contributed by atoms with Gasteiger partial charge in [-0.2, -0.15) is 0 Å². The van der Waals surface area contributed by atoms with E-state index in [4.69, 9.17) is 10.2 Å². The van der Waals surface area contributed by atoms with E-state index in [0.717, 1.165) is 12.0 Å². The van der Waals surface area contributed by atoms with Crippen molar-refractivity contribution in [3.8, 4) is 0 Å². The molecule has 1 atom stereocenters. The molecular weight excluding hydrogens is 252 g/mol. The molecule has 2 rings (SSSR count). The van der Waals surface area contributed by atoms with Gasteiger partial charge in [-0.1, -0.05) is 36.8 Å². The molecule has 0 aliphatic rings. The third-order valence-electron chi connectivity index (χ3n) is 3.28. The van der Waals surface area contributed by atoms with Crippen LogP contribution in [0.3, 0.4) is 0 Å². The first-order valence-electron chi connectivity index (χ1n) is 6.80. The average molecular weight is 272 g/mol. The van der Waals surface area contributed by atoms with Crippen molar-refractivity contribution in [1.29, 1.82) is 0 Å². The zero-order chi connectivity index (χ0) is 14.5. The Bertz CT molecular complexity index is 572. The molecule has 0 fully saturated rings. The normalized spacial score (nSPS) is 12.2. The van der Waals surface area contributed by atoms with Gasteiger partial charge in [0.2, 0.25) is 0 Å². The molecule has 1 heterocycles. The molecule has 0 radical (unpaired) electrons. The number of benzene rings is 1. The van der Waals surface area contributed by atoms with Crippen LogP contribution in [-0.2, 0) is 6.54 Å². The Balaban J connectivity index is 2.09. The van der Waals surface area contributed by atoms with Crippen molar-refractivity contribution < 1.29 is 9.21 Å². The Morgan fingerprint density at radius 2 is 1.95 bits per heavy atom. The molecule has 106 valence electrons. The molecular formula is C16H20N2O2. The molecule has 1 aromatic carbocycles. The number of aryl methyl sites for hydroxylation is 1. The van der Waals surface area contributed by atoms with Crippen LogP contribution >= 0.6 is 0 Å². The molecule has 4 heteroatoms. The smallest absolute Gasteiger partial charge is 0.287 e. The summed E-state index contributed by atoms with van der Waals surface area (Å²) >= 11 is 0. The minimum Gasteiger partial charge on any atom is -0.455 e. The second-order valence-corrected chi connectivity index (χ2v) is 4.82. The van der Waals surface area contributed by atoms with E-state index in [2.05, 4.69) is 5.32 Å². The maximum Gasteiger partial charge on any atom is 0.287 e. The molecule has 1 amide bonds. The van der Waals surface area contributed by atoms with Gasteiger partial charge in [0.1, 0.15) is 5.76 Å². The summed E-state index contributed by atoms with van der Waals surface area (Å²) in [6, 6.07) is 11.5. The summed E-state index contributed by atoms with van der Waals surface area (Å²) in [6.45, 7) is 4.38. The third-order valence-corrected chi connectivity index (χ3v) is 3.28. The monoisotopic (exact) mass is 272 g/mol. The fraction of sp³-hybridized carbons (Fsp3) is 0.312. The van der Waals surface area contributed by atoms with Crippen molar-refractivity contribution >= 4 is 5.91 Å². The number of furan rings is 1. The standard InChI is InChI=1S/C16H20N2O2/c1-3-14(12-6-4-11(2)5-7-12)18-16(19)15-9-8-13(10-17)20-15/h4-9,14H,3,10,17H2,1-2H3,(H,18,19). The second kappa shape index (κ2) is 6.39. The summed E-state index contributed by atoms with van der Waals surface area (Å²) in [6.07, 6.45) is 0.819. The van der Waals surface area contributed by atoms with Crippen molar-refractivity contribution in [1.82, 2.24) is 5.32 Å². The predicted molar refractivity (Wildman–Crippen MR) is 78.3 cm³/mol. The van der Waals surface area contributed by atoms with E-state index >= 15 is 0 Å². The first-order valence-corrected chi connectivity index (χ1v) is 6.80. The van der Waals surface area contributed by atoms with Gasteiger partial charge in [-0.05, 0) is 31.0 Å². The topological polar surface area (TPSA) is 68.3 Å². The average Bonchev–Trinajstić information content (AvgIpc) is 2.94. The Kier molecular flexibility index (Phi) is 4.58. The largest absolute Gasteiger partial charge is 0.455 e. The highest BCUT2D eigenvalue weighted by atomic mass is 16.4. The maximum atomic E-state index is 12.1. The summed E-state index contributed by atoms with van der Waals surface area (Å²) in [7, 11) is 0. The van der Waals surface area contributed by atoms with Crippen LogP contribution in [0, 0.1) is 6.92 Å². The molecule has 20 heavy (non-hydrogen) atoms. The Morgan fingerprint density at radius 1 is 1.25 bits per heavy atom. The molecule has 0 aliphatic carbocycles. The van der Waals surface area contributed by atoms with Crippen LogP contribution in [0.2, 0.25) is 0 Å². The molecule has 0 saturated heterocycles. The number of hydrogen-bond acceptors (Lipinski definition) is 3. The van der Waals surface area contributed by atoms with E-state index in [0.29, 0.717) is 18.1 Å². The van der Waals surface area contributed by atoms with Gasteiger partial charge in [0, 0.05) is 0 Å².